The van der Waals surface area contributed by atoms with Gasteiger partial charge in [0.15, 0.2) is 0 Å². The average molecular weight is 282 g/mol. The molecule has 0 N–H and O–H groups in total. The van der Waals surface area contributed by atoms with Gasteiger partial charge >= 0.3 is 0 Å². The van der Waals surface area contributed by atoms with Crippen molar-refractivity contribution in [1.29, 1.82) is 21.0 Å². The minimum absolute atomic E-state index is 0.0959. The Hall–Kier alpha value is -3.60. The largest absolute Gasteiger partial charge is 0.192 e. The summed E-state index contributed by atoms with van der Waals surface area (Å²) >= 11 is 0. The molecule has 0 amide bonds. The molecule has 0 aromatic rings. The van der Waals surface area contributed by atoms with Gasteiger partial charge in [0.2, 0.25) is 0 Å². The molecule has 0 fully saturated rings. The lowest BCUT2D eigenvalue weighted by Crippen LogP contribution is -2.10. The van der Waals surface area contributed by atoms with Crippen LogP contribution in [0.5, 0.6) is 0 Å². The summed E-state index contributed by atoms with van der Waals surface area (Å²) < 4.78 is 0. The molecule has 0 atom stereocenters. The van der Waals surface area contributed by atoms with Gasteiger partial charge < -0.3 is 0 Å². The predicted octanol–water partition coefficient (Wildman–Crippen LogP) is 3.16. The Morgan fingerprint density at radius 3 is 1.09 bits per heavy atom. The Balaban J connectivity index is 2.18. The first-order valence-corrected chi connectivity index (χ1v) is 6.55. The number of nitriles is 4. The van der Waals surface area contributed by atoms with Gasteiger partial charge in [-0.05, 0) is 0 Å². The summed E-state index contributed by atoms with van der Waals surface area (Å²) in [5.74, 6) is 0.230. The van der Waals surface area contributed by atoms with Crippen molar-refractivity contribution in [1.82, 2.24) is 0 Å². The van der Waals surface area contributed by atoms with E-state index in [0.29, 0.717) is 11.1 Å². The fourth-order valence-corrected chi connectivity index (χ4v) is 2.25. The van der Waals surface area contributed by atoms with Gasteiger partial charge in [-0.25, -0.2) is 0 Å². The van der Waals surface area contributed by atoms with Crippen molar-refractivity contribution in [3.63, 3.8) is 0 Å². The van der Waals surface area contributed by atoms with Crippen LogP contribution < -0.4 is 0 Å². The number of hydrogen-bond acceptors (Lipinski definition) is 4. The van der Waals surface area contributed by atoms with E-state index < -0.39 is 0 Å². The molecule has 0 radical (unpaired) electrons. The number of rotatable bonds is 1. The maximum atomic E-state index is 8.84. The van der Waals surface area contributed by atoms with Crippen molar-refractivity contribution in [2.24, 2.45) is 11.8 Å². The third kappa shape index (κ3) is 2.94. The van der Waals surface area contributed by atoms with E-state index in [0.717, 1.165) is 0 Å². The van der Waals surface area contributed by atoms with Gasteiger partial charge in [-0.15, -0.1) is 0 Å². The Labute approximate surface area is 128 Å². The van der Waals surface area contributed by atoms with E-state index in [4.69, 9.17) is 21.0 Å². The van der Waals surface area contributed by atoms with Crippen molar-refractivity contribution in [3.8, 4) is 24.3 Å². The lowest BCUT2D eigenvalue weighted by molar-refractivity contribution is 0.667. The summed E-state index contributed by atoms with van der Waals surface area (Å²) in [6.07, 6.45) is 14.8. The van der Waals surface area contributed by atoms with E-state index in [1.54, 1.807) is 24.3 Å². The van der Waals surface area contributed by atoms with Crippen LogP contribution in [0.2, 0.25) is 0 Å². The van der Waals surface area contributed by atoms with Crippen LogP contribution in [0.15, 0.2) is 70.9 Å². The molecule has 2 aliphatic carbocycles. The second-order valence-corrected chi connectivity index (χ2v) is 4.70. The van der Waals surface area contributed by atoms with Crippen LogP contribution in [0.3, 0.4) is 0 Å². The van der Waals surface area contributed by atoms with Crippen LogP contribution in [-0.4, -0.2) is 0 Å². The first-order chi connectivity index (χ1) is 10.7. The zero-order valence-electron chi connectivity index (χ0n) is 11.6. The fourth-order valence-electron chi connectivity index (χ4n) is 2.25. The zero-order valence-corrected chi connectivity index (χ0v) is 11.6. The monoisotopic (exact) mass is 282 g/mol. The maximum absolute atomic E-state index is 8.84. The van der Waals surface area contributed by atoms with Crippen molar-refractivity contribution < 1.29 is 0 Å². The van der Waals surface area contributed by atoms with E-state index in [-0.39, 0.29) is 23.0 Å². The van der Waals surface area contributed by atoms with Gasteiger partial charge in [-0.1, -0.05) is 48.6 Å². The second kappa shape index (κ2) is 6.71. The predicted molar refractivity (Wildman–Crippen MR) is 80.0 cm³/mol. The summed E-state index contributed by atoms with van der Waals surface area (Å²) in [6.45, 7) is 0. The Morgan fingerprint density at radius 1 is 0.591 bits per heavy atom. The summed E-state index contributed by atoms with van der Waals surface area (Å²) in [4.78, 5) is 0. The first kappa shape index (κ1) is 14.8. The van der Waals surface area contributed by atoms with Gasteiger partial charge in [0, 0.05) is 23.0 Å². The molecular weight excluding hydrogens is 272 g/mol. The fraction of sp³-hybridized carbons (Fsp3) is 0.111. The highest BCUT2D eigenvalue weighted by atomic mass is 14.3. The third-order valence-corrected chi connectivity index (χ3v) is 3.46. The molecule has 0 aromatic carbocycles. The quantitative estimate of drug-likeness (QED) is 0.690. The lowest BCUT2D eigenvalue weighted by Gasteiger charge is -2.20. The van der Waals surface area contributed by atoms with Crippen LogP contribution >= 0.6 is 0 Å². The van der Waals surface area contributed by atoms with Gasteiger partial charge in [0.1, 0.15) is 35.4 Å². The lowest BCUT2D eigenvalue weighted by atomic mass is 9.84. The van der Waals surface area contributed by atoms with Gasteiger partial charge in [-0.3, -0.25) is 0 Å². The van der Waals surface area contributed by atoms with Gasteiger partial charge in [0.05, 0.1) is 0 Å². The maximum Gasteiger partial charge on any atom is 0.136 e. The topological polar surface area (TPSA) is 95.2 Å². The van der Waals surface area contributed by atoms with E-state index in [9.17, 15) is 0 Å². The van der Waals surface area contributed by atoms with Crippen molar-refractivity contribution in [3.05, 3.63) is 70.9 Å². The van der Waals surface area contributed by atoms with Gasteiger partial charge in [-0.2, -0.15) is 21.0 Å². The Bertz CT molecular complexity index is 697. The first-order valence-electron chi connectivity index (χ1n) is 6.55. The highest BCUT2D eigenvalue weighted by molar-refractivity contribution is 5.53. The Morgan fingerprint density at radius 2 is 0.864 bits per heavy atom. The van der Waals surface area contributed by atoms with Gasteiger partial charge in [0.25, 0.3) is 0 Å². The summed E-state index contributed by atoms with van der Waals surface area (Å²) in [5.41, 5.74) is 1.42. The minimum atomic E-state index is 0.0959. The molecule has 4 heteroatoms. The summed E-state index contributed by atoms with van der Waals surface area (Å²) in [5, 5.41) is 35.4. The molecule has 22 heavy (non-hydrogen) atoms. The molecule has 102 valence electrons. The van der Waals surface area contributed by atoms with Crippen molar-refractivity contribution in [2.45, 2.75) is 0 Å². The molecule has 0 unspecified atom stereocenters. The highest BCUT2D eigenvalue weighted by Crippen LogP contribution is 2.28. The molecular formula is C18H10N4. The molecule has 0 saturated carbocycles. The van der Waals surface area contributed by atoms with Crippen molar-refractivity contribution >= 4 is 0 Å². The van der Waals surface area contributed by atoms with E-state index in [1.807, 2.05) is 48.6 Å². The average Bonchev–Trinajstić information content (AvgIpc) is 2.58. The molecule has 4 nitrogen and oxygen atoms in total. The summed E-state index contributed by atoms with van der Waals surface area (Å²) in [7, 11) is 0. The molecule has 0 saturated heterocycles. The van der Waals surface area contributed by atoms with Crippen LogP contribution in [0.1, 0.15) is 0 Å². The number of hydrogen-bond donors (Lipinski definition) is 0. The highest BCUT2D eigenvalue weighted by Gasteiger charge is 2.17. The van der Waals surface area contributed by atoms with E-state index >= 15 is 0 Å². The van der Waals surface area contributed by atoms with Crippen LogP contribution in [0.25, 0.3) is 0 Å². The van der Waals surface area contributed by atoms with Crippen LogP contribution in [0.4, 0.5) is 0 Å². The molecule has 0 aromatic heterocycles. The van der Waals surface area contributed by atoms with Crippen molar-refractivity contribution in [2.75, 3.05) is 0 Å². The van der Waals surface area contributed by atoms with Crippen LogP contribution in [-0.2, 0) is 0 Å². The molecule has 2 aliphatic rings. The minimum Gasteiger partial charge on any atom is -0.192 e. The smallest absolute Gasteiger partial charge is 0.136 e. The number of nitrogens with zero attached hydrogens (tertiary/aromatic N) is 4. The van der Waals surface area contributed by atoms with E-state index in [1.165, 1.54) is 0 Å². The normalized spacial score (nSPS) is 21.5. The SMILES string of the molecule is N#CC(C#N)=C1C=CC(C2C=CC(=C(C#N)C#N)C=C2)C=C1. The second-order valence-electron chi connectivity index (χ2n) is 4.70. The van der Waals surface area contributed by atoms with Crippen LogP contribution in [0, 0.1) is 57.2 Å². The molecule has 0 heterocycles. The Kier molecular flexibility index (Phi) is 4.52. The standard InChI is InChI=1S/C18H10N4/c19-9-17(10-20)15-5-1-13(2-6-15)14-3-7-16(8-4-14)18(11-21)12-22/h1-8,13-14H. The summed E-state index contributed by atoms with van der Waals surface area (Å²) in [6, 6.07) is 7.47. The number of allylic oxidation sites excluding steroid dienone is 12. The molecule has 0 bridgehead atoms. The molecule has 0 aliphatic heterocycles. The van der Waals surface area contributed by atoms with E-state index in [2.05, 4.69) is 0 Å². The molecule has 0 spiro atoms. The molecule has 2 rings (SSSR count). The third-order valence-electron chi connectivity index (χ3n) is 3.46. The zero-order chi connectivity index (χ0) is 15.9.